The number of carbonyl (C=O) groups is 1. The molecule has 0 spiro atoms. The van der Waals surface area contributed by atoms with E-state index in [1.165, 1.54) is 19.8 Å². The largest absolute Gasteiger partial charge is 0.479 e. The predicted molar refractivity (Wildman–Crippen MR) is 62.4 cm³/mol. The standard InChI is InChI=1S/C12H23NO3/c1-3-10-7-5-4-6-8-13(10)9-12(2,16)11(14)15/h10,16H,3-9H2,1-2H3,(H,14,15). The van der Waals surface area contributed by atoms with Gasteiger partial charge in [-0.15, -0.1) is 0 Å². The van der Waals surface area contributed by atoms with Gasteiger partial charge in [-0.05, 0) is 32.7 Å². The van der Waals surface area contributed by atoms with E-state index in [4.69, 9.17) is 5.11 Å². The fourth-order valence-corrected chi connectivity index (χ4v) is 2.37. The number of hydrogen-bond acceptors (Lipinski definition) is 3. The predicted octanol–water partition coefficient (Wildman–Crippen LogP) is 1.48. The highest BCUT2D eigenvalue weighted by molar-refractivity contribution is 5.76. The highest BCUT2D eigenvalue weighted by Crippen LogP contribution is 2.21. The molecule has 0 aliphatic carbocycles. The summed E-state index contributed by atoms with van der Waals surface area (Å²) in [6, 6.07) is 0.424. The van der Waals surface area contributed by atoms with Crippen molar-refractivity contribution in [3.8, 4) is 0 Å². The van der Waals surface area contributed by atoms with Gasteiger partial charge in [0.05, 0.1) is 0 Å². The molecule has 1 fully saturated rings. The molecular weight excluding hydrogens is 206 g/mol. The van der Waals surface area contributed by atoms with Gasteiger partial charge in [0, 0.05) is 12.6 Å². The maximum atomic E-state index is 10.9. The summed E-state index contributed by atoms with van der Waals surface area (Å²) in [6.07, 6.45) is 5.67. The van der Waals surface area contributed by atoms with Crippen LogP contribution in [0.25, 0.3) is 0 Å². The Labute approximate surface area is 97.3 Å². The summed E-state index contributed by atoms with van der Waals surface area (Å²) >= 11 is 0. The molecule has 0 saturated carbocycles. The van der Waals surface area contributed by atoms with Gasteiger partial charge in [-0.1, -0.05) is 19.8 Å². The SMILES string of the molecule is CCC1CCCCCN1CC(C)(O)C(=O)O. The van der Waals surface area contributed by atoms with Crippen LogP contribution in [-0.4, -0.2) is 45.8 Å². The molecule has 4 nitrogen and oxygen atoms in total. The summed E-state index contributed by atoms with van der Waals surface area (Å²) in [4.78, 5) is 13.0. The lowest BCUT2D eigenvalue weighted by molar-refractivity contribution is -0.159. The Hall–Kier alpha value is -0.610. The number of carboxylic acids is 1. The minimum atomic E-state index is -1.63. The Balaban J connectivity index is 2.64. The molecule has 1 rings (SSSR count). The number of hydrogen-bond donors (Lipinski definition) is 2. The summed E-state index contributed by atoms with van der Waals surface area (Å²) in [5, 5.41) is 18.7. The van der Waals surface area contributed by atoms with E-state index in [0.29, 0.717) is 6.04 Å². The molecule has 0 amide bonds. The summed E-state index contributed by atoms with van der Waals surface area (Å²) in [5.74, 6) is -1.13. The van der Waals surface area contributed by atoms with E-state index in [-0.39, 0.29) is 6.54 Å². The van der Waals surface area contributed by atoms with E-state index in [1.807, 2.05) is 0 Å². The highest BCUT2D eigenvalue weighted by atomic mass is 16.4. The van der Waals surface area contributed by atoms with E-state index in [9.17, 15) is 9.90 Å². The smallest absolute Gasteiger partial charge is 0.336 e. The lowest BCUT2D eigenvalue weighted by Gasteiger charge is -2.33. The van der Waals surface area contributed by atoms with E-state index in [2.05, 4.69) is 11.8 Å². The molecule has 4 heteroatoms. The van der Waals surface area contributed by atoms with Crippen LogP contribution < -0.4 is 0 Å². The second-order valence-electron chi connectivity index (χ2n) is 4.96. The number of carboxylic acid groups (broad SMARTS) is 1. The second kappa shape index (κ2) is 5.64. The van der Waals surface area contributed by atoms with Gasteiger partial charge in [0.1, 0.15) is 0 Å². The lowest BCUT2D eigenvalue weighted by Crippen LogP contribution is -2.49. The van der Waals surface area contributed by atoms with Gasteiger partial charge in [-0.2, -0.15) is 0 Å². The van der Waals surface area contributed by atoms with Crippen LogP contribution in [0.3, 0.4) is 0 Å². The first-order valence-electron chi connectivity index (χ1n) is 6.17. The van der Waals surface area contributed by atoms with Crippen molar-refractivity contribution in [2.45, 2.75) is 57.6 Å². The van der Waals surface area contributed by atoms with Crippen molar-refractivity contribution in [2.24, 2.45) is 0 Å². The molecule has 0 aromatic heterocycles. The average molecular weight is 229 g/mol. The van der Waals surface area contributed by atoms with E-state index >= 15 is 0 Å². The van der Waals surface area contributed by atoms with Crippen molar-refractivity contribution >= 4 is 5.97 Å². The zero-order chi connectivity index (χ0) is 12.2. The van der Waals surface area contributed by atoms with Crippen LogP contribution in [0.1, 0.15) is 46.0 Å². The van der Waals surface area contributed by atoms with Gasteiger partial charge >= 0.3 is 5.97 Å². The summed E-state index contributed by atoms with van der Waals surface area (Å²) in [6.45, 7) is 4.65. The number of aliphatic hydroxyl groups is 1. The van der Waals surface area contributed by atoms with Crippen LogP contribution in [0.5, 0.6) is 0 Å². The number of nitrogens with zero attached hydrogens (tertiary/aromatic N) is 1. The Bertz CT molecular complexity index is 240. The molecule has 0 bridgehead atoms. The first-order valence-corrected chi connectivity index (χ1v) is 6.17. The van der Waals surface area contributed by atoms with Crippen LogP contribution in [0.2, 0.25) is 0 Å². The third-order valence-electron chi connectivity index (χ3n) is 3.44. The first-order chi connectivity index (χ1) is 7.47. The molecule has 1 aliphatic heterocycles. The van der Waals surface area contributed by atoms with Gasteiger partial charge in [-0.25, -0.2) is 4.79 Å². The van der Waals surface area contributed by atoms with E-state index < -0.39 is 11.6 Å². The Morgan fingerprint density at radius 1 is 1.44 bits per heavy atom. The number of likely N-dealkylation sites (tertiary alicyclic amines) is 1. The van der Waals surface area contributed by atoms with Crippen molar-refractivity contribution in [2.75, 3.05) is 13.1 Å². The van der Waals surface area contributed by atoms with Crippen LogP contribution in [-0.2, 0) is 4.79 Å². The summed E-state index contributed by atoms with van der Waals surface area (Å²) in [5.41, 5.74) is -1.63. The summed E-state index contributed by atoms with van der Waals surface area (Å²) in [7, 11) is 0. The molecule has 1 heterocycles. The molecule has 1 saturated heterocycles. The van der Waals surface area contributed by atoms with Crippen molar-refractivity contribution < 1.29 is 15.0 Å². The fourth-order valence-electron chi connectivity index (χ4n) is 2.37. The number of β-amino-alcohol motifs (C(OH)–C–C–N with tert-alkyl or cyclic N) is 1. The number of rotatable bonds is 4. The normalized spacial score (nSPS) is 27.1. The summed E-state index contributed by atoms with van der Waals surface area (Å²) < 4.78 is 0. The molecule has 0 aromatic carbocycles. The van der Waals surface area contributed by atoms with Gasteiger partial charge in [-0.3, -0.25) is 4.90 Å². The van der Waals surface area contributed by atoms with Gasteiger partial charge < -0.3 is 10.2 Å². The second-order valence-corrected chi connectivity index (χ2v) is 4.96. The Morgan fingerprint density at radius 2 is 2.12 bits per heavy atom. The highest BCUT2D eigenvalue weighted by Gasteiger charge is 2.34. The van der Waals surface area contributed by atoms with Crippen molar-refractivity contribution in [3.63, 3.8) is 0 Å². The third-order valence-corrected chi connectivity index (χ3v) is 3.44. The van der Waals surface area contributed by atoms with Crippen molar-refractivity contribution in [1.29, 1.82) is 0 Å². The maximum Gasteiger partial charge on any atom is 0.336 e. The van der Waals surface area contributed by atoms with Gasteiger partial charge in [0.15, 0.2) is 5.60 Å². The molecular formula is C12H23NO3. The zero-order valence-electron chi connectivity index (χ0n) is 10.3. The topological polar surface area (TPSA) is 60.8 Å². The Kier molecular flexibility index (Phi) is 4.74. The number of aliphatic carboxylic acids is 1. The zero-order valence-corrected chi connectivity index (χ0v) is 10.3. The van der Waals surface area contributed by atoms with Crippen LogP contribution >= 0.6 is 0 Å². The van der Waals surface area contributed by atoms with Gasteiger partial charge in [0.2, 0.25) is 0 Å². The fraction of sp³-hybridized carbons (Fsp3) is 0.917. The lowest BCUT2D eigenvalue weighted by atomic mass is 10.0. The average Bonchev–Trinajstić information content (AvgIpc) is 2.42. The third kappa shape index (κ3) is 3.46. The van der Waals surface area contributed by atoms with Crippen LogP contribution in [0.15, 0.2) is 0 Å². The molecule has 16 heavy (non-hydrogen) atoms. The minimum Gasteiger partial charge on any atom is -0.479 e. The Morgan fingerprint density at radius 3 is 2.69 bits per heavy atom. The molecule has 1 aliphatic rings. The molecule has 0 aromatic rings. The molecule has 0 radical (unpaired) electrons. The molecule has 2 atom stereocenters. The van der Waals surface area contributed by atoms with Gasteiger partial charge in [0.25, 0.3) is 0 Å². The molecule has 2 unspecified atom stereocenters. The van der Waals surface area contributed by atoms with Crippen LogP contribution in [0.4, 0.5) is 0 Å². The first kappa shape index (κ1) is 13.5. The quantitative estimate of drug-likeness (QED) is 0.766. The van der Waals surface area contributed by atoms with Crippen molar-refractivity contribution in [1.82, 2.24) is 4.90 Å². The molecule has 94 valence electrons. The molecule has 2 N–H and O–H groups in total. The van der Waals surface area contributed by atoms with Crippen LogP contribution in [0, 0.1) is 0 Å². The van der Waals surface area contributed by atoms with E-state index in [1.54, 1.807) is 0 Å². The monoisotopic (exact) mass is 229 g/mol. The maximum absolute atomic E-state index is 10.9. The minimum absolute atomic E-state index is 0.237. The van der Waals surface area contributed by atoms with E-state index in [0.717, 1.165) is 25.8 Å². The van der Waals surface area contributed by atoms with Crippen molar-refractivity contribution in [3.05, 3.63) is 0 Å².